The molecule has 1 amide bonds. The molecule has 1 saturated carbocycles. The zero-order valence-electron chi connectivity index (χ0n) is 11.9. The highest BCUT2D eigenvalue weighted by molar-refractivity contribution is 7.91. The molecule has 0 N–H and O–H groups in total. The molecule has 1 atom stereocenters. The Kier molecular flexibility index (Phi) is 3.31. The summed E-state index contributed by atoms with van der Waals surface area (Å²) in [4.78, 5) is 14.3. The van der Waals surface area contributed by atoms with Crippen LogP contribution >= 0.6 is 0 Å². The second-order valence-corrected chi connectivity index (χ2v) is 8.26. The number of carbonyl (C=O) groups excluding carboxylic acids is 1. The summed E-state index contributed by atoms with van der Waals surface area (Å²) in [7, 11) is -1.41. The van der Waals surface area contributed by atoms with Gasteiger partial charge in [0.25, 0.3) is 0 Å². The van der Waals surface area contributed by atoms with Crippen LogP contribution in [0.2, 0.25) is 0 Å². The van der Waals surface area contributed by atoms with Crippen LogP contribution in [0.4, 0.5) is 4.39 Å². The molecular weight excluding hydrogens is 293 g/mol. The van der Waals surface area contributed by atoms with Gasteiger partial charge < -0.3 is 4.90 Å². The van der Waals surface area contributed by atoms with E-state index in [-0.39, 0.29) is 29.3 Å². The monoisotopic (exact) mass is 311 g/mol. The Balaban J connectivity index is 1.84. The van der Waals surface area contributed by atoms with Crippen LogP contribution in [0.3, 0.4) is 0 Å². The van der Waals surface area contributed by atoms with Crippen LogP contribution in [0.1, 0.15) is 24.8 Å². The van der Waals surface area contributed by atoms with E-state index in [9.17, 15) is 17.6 Å². The lowest BCUT2D eigenvalue weighted by Crippen LogP contribution is -2.44. The second kappa shape index (κ2) is 4.80. The number of likely N-dealkylation sites (N-methyl/N-ethyl adjacent to an activating group) is 1. The van der Waals surface area contributed by atoms with Crippen LogP contribution in [0.15, 0.2) is 24.3 Å². The molecule has 21 heavy (non-hydrogen) atoms. The molecule has 1 saturated heterocycles. The van der Waals surface area contributed by atoms with Crippen molar-refractivity contribution in [2.45, 2.75) is 30.7 Å². The Morgan fingerprint density at radius 2 is 2.00 bits per heavy atom. The van der Waals surface area contributed by atoms with E-state index in [1.807, 2.05) is 0 Å². The van der Waals surface area contributed by atoms with Gasteiger partial charge in [-0.1, -0.05) is 18.2 Å². The van der Waals surface area contributed by atoms with Gasteiger partial charge in [-0.05, 0) is 25.3 Å². The first kappa shape index (κ1) is 14.5. The van der Waals surface area contributed by atoms with Crippen LogP contribution in [-0.2, 0) is 20.0 Å². The van der Waals surface area contributed by atoms with Crippen molar-refractivity contribution in [3.8, 4) is 0 Å². The van der Waals surface area contributed by atoms with E-state index >= 15 is 0 Å². The summed E-state index contributed by atoms with van der Waals surface area (Å²) < 4.78 is 37.1. The normalized spacial score (nSPS) is 25.5. The summed E-state index contributed by atoms with van der Waals surface area (Å²) in [6.45, 7) is 0. The van der Waals surface area contributed by atoms with Crippen LogP contribution < -0.4 is 0 Å². The fourth-order valence-electron chi connectivity index (χ4n) is 3.16. The molecule has 0 bridgehead atoms. The van der Waals surface area contributed by atoms with Gasteiger partial charge >= 0.3 is 0 Å². The van der Waals surface area contributed by atoms with Gasteiger partial charge in [-0.25, -0.2) is 12.8 Å². The predicted octanol–water partition coefficient (Wildman–Crippen LogP) is 1.50. The van der Waals surface area contributed by atoms with Gasteiger partial charge in [0, 0.05) is 18.7 Å². The van der Waals surface area contributed by atoms with E-state index in [1.165, 1.54) is 11.0 Å². The van der Waals surface area contributed by atoms with E-state index in [1.54, 1.807) is 25.2 Å². The highest BCUT2D eigenvalue weighted by Crippen LogP contribution is 2.50. The molecule has 2 aliphatic rings. The number of benzene rings is 1. The number of amides is 1. The van der Waals surface area contributed by atoms with Gasteiger partial charge in [0.2, 0.25) is 5.91 Å². The third-order valence-electron chi connectivity index (χ3n) is 4.63. The van der Waals surface area contributed by atoms with Gasteiger partial charge in [0.15, 0.2) is 9.84 Å². The third-order valence-corrected chi connectivity index (χ3v) is 6.38. The van der Waals surface area contributed by atoms with Crippen LogP contribution in [0.5, 0.6) is 0 Å². The molecule has 0 radical (unpaired) electrons. The van der Waals surface area contributed by atoms with E-state index in [2.05, 4.69) is 0 Å². The van der Waals surface area contributed by atoms with Crippen molar-refractivity contribution in [1.29, 1.82) is 0 Å². The molecule has 1 aromatic rings. The minimum absolute atomic E-state index is 0.0165. The maximum absolute atomic E-state index is 14.0. The maximum atomic E-state index is 14.0. The summed E-state index contributed by atoms with van der Waals surface area (Å²) in [5.74, 6) is -0.379. The lowest BCUT2D eigenvalue weighted by atomic mass is 9.93. The van der Waals surface area contributed by atoms with Crippen molar-refractivity contribution in [2.75, 3.05) is 18.6 Å². The first-order valence-electron chi connectivity index (χ1n) is 7.08. The number of nitrogens with zero attached hydrogens (tertiary/aromatic N) is 1. The molecule has 1 unspecified atom stereocenters. The predicted molar refractivity (Wildman–Crippen MR) is 77.1 cm³/mol. The molecule has 114 valence electrons. The number of hydrogen-bond acceptors (Lipinski definition) is 3. The fourth-order valence-corrected chi connectivity index (χ4v) is 4.93. The van der Waals surface area contributed by atoms with Gasteiger partial charge in [-0.2, -0.15) is 0 Å². The average molecular weight is 311 g/mol. The van der Waals surface area contributed by atoms with Gasteiger partial charge in [-0.3, -0.25) is 4.79 Å². The number of carbonyl (C=O) groups is 1. The second-order valence-electron chi connectivity index (χ2n) is 6.03. The molecule has 6 heteroatoms. The Bertz CT molecular complexity index is 682. The highest BCUT2D eigenvalue weighted by atomic mass is 32.2. The topological polar surface area (TPSA) is 54.5 Å². The van der Waals surface area contributed by atoms with Gasteiger partial charge in [0.05, 0.1) is 16.9 Å². The summed E-state index contributed by atoms with van der Waals surface area (Å²) in [6, 6.07) is 6.06. The van der Waals surface area contributed by atoms with Crippen molar-refractivity contribution in [2.24, 2.45) is 0 Å². The quantitative estimate of drug-likeness (QED) is 0.850. The molecule has 2 fully saturated rings. The Morgan fingerprint density at radius 1 is 1.33 bits per heavy atom. The standard InChI is InChI=1S/C15H18FNO3S/c1-17(11-6-9-21(19,20)10-11)14(18)15(7-8-15)12-4-2-3-5-13(12)16/h2-5,11H,6-10H2,1H3. The fraction of sp³-hybridized carbons (Fsp3) is 0.533. The minimum Gasteiger partial charge on any atom is -0.341 e. The molecule has 0 spiro atoms. The van der Waals surface area contributed by atoms with Crippen molar-refractivity contribution < 1.29 is 17.6 Å². The number of hydrogen-bond donors (Lipinski definition) is 0. The largest absolute Gasteiger partial charge is 0.341 e. The van der Waals surface area contributed by atoms with E-state index < -0.39 is 15.3 Å². The Morgan fingerprint density at radius 3 is 2.52 bits per heavy atom. The van der Waals surface area contributed by atoms with E-state index in [4.69, 9.17) is 0 Å². The van der Waals surface area contributed by atoms with Gasteiger partial charge in [-0.15, -0.1) is 0 Å². The molecular formula is C15H18FNO3S. The third kappa shape index (κ3) is 2.46. The number of halogens is 1. The van der Waals surface area contributed by atoms with Gasteiger partial charge in [0.1, 0.15) is 5.82 Å². The van der Waals surface area contributed by atoms with Crippen molar-refractivity contribution in [3.63, 3.8) is 0 Å². The van der Waals surface area contributed by atoms with Crippen molar-refractivity contribution in [3.05, 3.63) is 35.6 Å². The molecule has 1 aliphatic carbocycles. The van der Waals surface area contributed by atoms with Crippen LogP contribution in [-0.4, -0.2) is 43.8 Å². The van der Waals surface area contributed by atoms with Crippen molar-refractivity contribution in [1.82, 2.24) is 4.90 Å². The molecule has 0 aromatic heterocycles. The molecule has 3 rings (SSSR count). The summed E-state index contributed by atoms with van der Waals surface area (Å²) in [6.07, 6.45) is 1.71. The summed E-state index contributed by atoms with van der Waals surface area (Å²) in [5.41, 5.74) is -0.352. The zero-order valence-corrected chi connectivity index (χ0v) is 12.7. The SMILES string of the molecule is CN(C(=O)C1(c2ccccc2F)CC1)C1CCS(=O)(=O)C1. The summed E-state index contributed by atoms with van der Waals surface area (Å²) >= 11 is 0. The summed E-state index contributed by atoms with van der Waals surface area (Å²) in [5, 5.41) is 0. The highest BCUT2D eigenvalue weighted by Gasteiger charge is 2.55. The molecule has 4 nitrogen and oxygen atoms in total. The van der Waals surface area contributed by atoms with E-state index in [0.29, 0.717) is 24.8 Å². The Labute approximate surface area is 123 Å². The molecule has 1 aromatic carbocycles. The number of rotatable bonds is 3. The van der Waals surface area contributed by atoms with Crippen LogP contribution in [0, 0.1) is 5.82 Å². The van der Waals surface area contributed by atoms with Crippen molar-refractivity contribution >= 4 is 15.7 Å². The Hall–Kier alpha value is -1.43. The lowest BCUT2D eigenvalue weighted by Gasteiger charge is -2.28. The lowest BCUT2D eigenvalue weighted by molar-refractivity contribution is -0.134. The molecule has 1 heterocycles. The minimum atomic E-state index is -3.04. The first-order valence-corrected chi connectivity index (χ1v) is 8.91. The van der Waals surface area contributed by atoms with E-state index in [0.717, 1.165) is 0 Å². The first-order chi connectivity index (χ1) is 9.86. The number of sulfone groups is 1. The molecule has 1 aliphatic heterocycles. The zero-order chi connectivity index (χ0) is 15.3. The van der Waals surface area contributed by atoms with Crippen LogP contribution in [0.25, 0.3) is 0 Å². The maximum Gasteiger partial charge on any atom is 0.233 e. The smallest absolute Gasteiger partial charge is 0.233 e. The average Bonchev–Trinajstić information content (AvgIpc) is 3.16.